The molecule has 0 aliphatic heterocycles. The number of hydrogen-bond donors (Lipinski definition) is 0. The summed E-state index contributed by atoms with van der Waals surface area (Å²) in [6, 6.07) is 0. The predicted molar refractivity (Wildman–Crippen MR) is 352 cm³/mol. The van der Waals surface area contributed by atoms with Crippen LogP contribution in [-0.4, -0.2) is 37.2 Å². The van der Waals surface area contributed by atoms with Crippen LogP contribution >= 0.6 is 0 Å². The van der Waals surface area contributed by atoms with Gasteiger partial charge in [0.25, 0.3) is 0 Å². The molecule has 0 rings (SSSR count). The van der Waals surface area contributed by atoms with E-state index in [9.17, 15) is 14.4 Å². The lowest BCUT2D eigenvalue weighted by Gasteiger charge is -2.18. The molecule has 0 aromatic heterocycles. The Hall–Kier alpha value is -5.23. The van der Waals surface area contributed by atoms with Gasteiger partial charge in [0.05, 0.1) is 0 Å². The number of allylic oxidation sites excluding steroid dienone is 28. The second-order valence-corrected chi connectivity index (χ2v) is 20.9. The summed E-state index contributed by atoms with van der Waals surface area (Å²) in [5.74, 6) is -0.948. The Labute approximate surface area is 498 Å². The smallest absolute Gasteiger partial charge is 0.306 e. The maximum absolute atomic E-state index is 12.9. The van der Waals surface area contributed by atoms with Crippen molar-refractivity contribution in [1.29, 1.82) is 0 Å². The van der Waals surface area contributed by atoms with Crippen molar-refractivity contribution in [2.75, 3.05) is 13.2 Å². The first-order valence-corrected chi connectivity index (χ1v) is 32.6. The van der Waals surface area contributed by atoms with Gasteiger partial charge < -0.3 is 14.2 Å². The van der Waals surface area contributed by atoms with E-state index in [2.05, 4.69) is 191 Å². The molecule has 1 unspecified atom stereocenters. The molecule has 0 N–H and O–H groups in total. The van der Waals surface area contributed by atoms with Crippen LogP contribution in [-0.2, 0) is 28.6 Å². The molecular weight excluding hydrogens is 997 g/mol. The third-order valence-electron chi connectivity index (χ3n) is 13.2. The van der Waals surface area contributed by atoms with Crippen LogP contribution in [0.15, 0.2) is 170 Å². The summed E-state index contributed by atoms with van der Waals surface area (Å²) in [6.45, 7) is 6.26. The SMILES string of the molecule is CC/C=C\C/C=C\C/C=C\C/C=C\C/C=C\C/C=C\C/C=C\CCCCCCCCCC(=O)OCC(COC(=O)CCCCCCC/C=C\C/C=C\C/C=C\CC)OC(=O)CCCCCCCC/C=C\C/C=C\C/C=C\C/C=C\CC. The molecule has 6 heteroatoms. The standard InChI is InChI=1S/C75H118O6/c1-4-7-10-13-16-19-22-25-28-30-32-33-34-35-36-37-38-39-40-41-43-44-47-50-53-56-59-62-65-68-74(77)80-71-72(70-79-73(76)67-64-61-58-55-52-49-46-27-24-21-18-15-12-9-6-3)81-75(78)69-66-63-60-57-54-51-48-45-42-31-29-26-23-20-17-14-11-8-5-2/h7-12,16-21,25-29,32-33,35-36,38-39,41-43,45-46,72H,4-6,13-15,22-24,30-31,34,37,40,44,47-71H2,1-3H3/b10-7-,11-8-,12-9-,19-16-,20-17-,21-18-,28-25-,29-26-,33-32-,36-35-,39-38-,43-41-,45-42-,46-27-. The van der Waals surface area contributed by atoms with E-state index < -0.39 is 6.10 Å². The van der Waals surface area contributed by atoms with E-state index in [4.69, 9.17) is 14.2 Å². The average molecular weight is 1120 g/mol. The minimum Gasteiger partial charge on any atom is -0.462 e. The summed E-state index contributed by atoms with van der Waals surface area (Å²) >= 11 is 0. The Balaban J connectivity index is 4.43. The molecule has 0 fully saturated rings. The Morgan fingerprint density at radius 2 is 0.444 bits per heavy atom. The summed E-state index contributed by atoms with van der Waals surface area (Å²) in [5, 5.41) is 0. The molecule has 0 aliphatic rings. The molecule has 81 heavy (non-hydrogen) atoms. The van der Waals surface area contributed by atoms with E-state index in [-0.39, 0.29) is 31.1 Å². The summed E-state index contributed by atoms with van der Waals surface area (Å²) < 4.78 is 16.9. The number of esters is 3. The monoisotopic (exact) mass is 1110 g/mol. The van der Waals surface area contributed by atoms with E-state index in [1.54, 1.807) is 0 Å². The lowest BCUT2D eigenvalue weighted by atomic mass is 10.1. The van der Waals surface area contributed by atoms with Crippen LogP contribution in [0.25, 0.3) is 0 Å². The van der Waals surface area contributed by atoms with Crippen molar-refractivity contribution in [1.82, 2.24) is 0 Å². The van der Waals surface area contributed by atoms with Gasteiger partial charge in [0.2, 0.25) is 0 Å². The van der Waals surface area contributed by atoms with Crippen LogP contribution in [0, 0.1) is 0 Å². The molecular formula is C75H118O6. The third-order valence-corrected chi connectivity index (χ3v) is 13.2. The largest absolute Gasteiger partial charge is 0.462 e. The number of ether oxygens (including phenoxy) is 3. The highest BCUT2D eigenvalue weighted by molar-refractivity contribution is 5.71. The highest BCUT2D eigenvalue weighted by Gasteiger charge is 2.19. The van der Waals surface area contributed by atoms with Gasteiger partial charge >= 0.3 is 17.9 Å². The first-order chi connectivity index (χ1) is 40.0. The highest BCUT2D eigenvalue weighted by atomic mass is 16.6. The second kappa shape index (κ2) is 67.3. The summed E-state index contributed by atoms with van der Waals surface area (Å²) in [5.41, 5.74) is 0. The van der Waals surface area contributed by atoms with E-state index in [1.165, 1.54) is 38.5 Å². The van der Waals surface area contributed by atoms with Crippen molar-refractivity contribution in [3.63, 3.8) is 0 Å². The van der Waals surface area contributed by atoms with Crippen LogP contribution < -0.4 is 0 Å². The number of unbranched alkanes of at least 4 members (excludes halogenated alkanes) is 18. The Bertz CT molecular complexity index is 1860. The zero-order valence-corrected chi connectivity index (χ0v) is 52.0. The predicted octanol–water partition coefficient (Wildman–Crippen LogP) is 22.7. The lowest BCUT2D eigenvalue weighted by molar-refractivity contribution is -0.167. The third kappa shape index (κ3) is 65.5. The maximum Gasteiger partial charge on any atom is 0.306 e. The zero-order chi connectivity index (χ0) is 58.5. The van der Waals surface area contributed by atoms with Gasteiger partial charge in [0.15, 0.2) is 6.10 Å². The second-order valence-electron chi connectivity index (χ2n) is 20.9. The fraction of sp³-hybridized carbons (Fsp3) is 0.587. The average Bonchev–Trinajstić information content (AvgIpc) is 3.47. The van der Waals surface area contributed by atoms with Crippen LogP contribution in [0.1, 0.15) is 265 Å². The minimum atomic E-state index is -0.809. The lowest BCUT2D eigenvalue weighted by Crippen LogP contribution is -2.30. The van der Waals surface area contributed by atoms with Gasteiger partial charge in [-0.25, -0.2) is 0 Å². The van der Waals surface area contributed by atoms with Crippen molar-refractivity contribution in [2.45, 2.75) is 271 Å². The molecule has 0 radical (unpaired) electrons. The van der Waals surface area contributed by atoms with E-state index in [0.29, 0.717) is 19.3 Å². The van der Waals surface area contributed by atoms with E-state index >= 15 is 0 Å². The number of carbonyl (C=O) groups is 3. The maximum atomic E-state index is 12.9. The number of hydrogen-bond acceptors (Lipinski definition) is 6. The number of carbonyl (C=O) groups excluding carboxylic acids is 3. The van der Waals surface area contributed by atoms with Crippen LogP contribution in [0.5, 0.6) is 0 Å². The van der Waals surface area contributed by atoms with Gasteiger partial charge in [0.1, 0.15) is 13.2 Å². The molecule has 0 saturated carbocycles. The molecule has 0 aromatic rings. The normalized spacial score (nSPS) is 13.3. The zero-order valence-electron chi connectivity index (χ0n) is 52.0. The Morgan fingerprint density at radius 1 is 0.247 bits per heavy atom. The molecule has 0 spiro atoms. The first-order valence-electron chi connectivity index (χ1n) is 32.6. The summed E-state index contributed by atoms with van der Waals surface area (Å²) in [7, 11) is 0. The van der Waals surface area contributed by atoms with Gasteiger partial charge in [0, 0.05) is 19.3 Å². The van der Waals surface area contributed by atoms with Crippen molar-refractivity contribution in [3.05, 3.63) is 170 Å². The van der Waals surface area contributed by atoms with E-state index in [0.717, 1.165) is 186 Å². The molecule has 6 nitrogen and oxygen atoms in total. The van der Waals surface area contributed by atoms with Crippen LogP contribution in [0.4, 0.5) is 0 Å². The van der Waals surface area contributed by atoms with Crippen molar-refractivity contribution in [3.8, 4) is 0 Å². The molecule has 0 aromatic carbocycles. The topological polar surface area (TPSA) is 78.9 Å². The first kappa shape index (κ1) is 75.8. The molecule has 1 atom stereocenters. The van der Waals surface area contributed by atoms with Crippen LogP contribution in [0.3, 0.4) is 0 Å². The quantitative estimate of drug-likeness (QED) is 0.0261. The Morgan fingerprint density at radius 3 is 0.691 bits per heavy atom. The van der Waals surface area contributed by atoms with Crippen molar-refractivity contribution in [2.24, 2.45) is 0 Å². The number of rotatable bonds is 57. The molecule has 454 valence electrons. The van der Waals surface area contributed by atoms with Crippen molar-refractivity contribution >= 4 is 17.9 Å². The van der Waals surface area contributed by atoms with Gasteiger partial charge in [-0.15, -0.1) is 0 Å². The van der Waals surface area contributed by atoms with Gasteiger partial charge in [-0.1, -0.05) is 268 Å². The van der Waals surface area contributed by atoms with Crippen molar-refractivity contribution < 1.29 is 28.6 Å². The molecule has 0 saturated heterocycles. The molecule has 0 bridgehead atoms. The highest BCUT2D eigenvalue weighted by Crippen LogP contribution is 2.14. The molecule has 0 aliphatic carbocycles. The fourth-order valence-corrected chi connectivity index (χ4v) is 8.43. The minimum absolute atomic E-state index is 0.103. The van der Waals surface area contributed by atoms with Crippen LogP contribution in [0.2, 0.25) is 0 Å². The van der Waals surface area contributed by atoms with Gasteiger partial charge in [-0.3, -0.25) is 14.4 Å². The fourth-order valence-electron chi connectivity index (χ4n) is 8.43. The summed E-state index contributed by atoms with van der Waals surface area (Å²) in [6.07, 6.45) is 99.2. The Kier molecular flexibility index (Phi) is 62.9. The van der Waals surface area contributed by atoms with Gasteiger partial charge in [-0.2, -0.15) is 0 Å². The van der Waals surface area contributed by atoms with E-state index in [1.807, 2.05) is 0 Å². The molecule has 0 heterocycles. The molecule has 0 amide bonds. The summed E-state index contributed by atoms with van der Waals surface area (Å²) in [4.78, 5) is 38.4. The van der Waals surface area contributed by atoms with Gasteiger partial charge in [-0.05, 0) is 148 Å².